The standard InChI is InChI=1S/C25H42O4/c1-22(29-21-23-16-10-8-11-17-23)15-9-4-2-3-5-12-18-24(26)19-13-6-7-14-20-25(27)28/h8,10-11,16-17,22,24,26H,2-7,9,12-15,18-21H2,1H3,(H,27,28). The minimum atomic E-state index is -0.712. The van der Waals surface area contributed by atoms with Crippen LogP contribution in [0.3, 0.4) is 0 Å². The van der Waals surface area contributed by atoms with Crippen LogP contribution in [0.2, 0.25) is 0 Å². The van der Waals surface area contributed by atoms with Crippen molar-refractivity contribution in [3.05, 3.63) is 35.9 Å². The first-order chi connectivity index (χ1) is 14.1. The van der Waals surface area contributed by atoms with Crippen LogP contribution in [0, 0.1) is 0 Å². The number of aliphatic hydroxyl groups excluding tert-OH is 1. The van der Waals surface area contributed by atoms with Gasteiger partial charge in [0, 0.05) is 6.42 Å². The van der Waals surface area contributed by atoms with Crippen molar-refractivity contribution in [3.63, 3.8) is 0 Å². The van der Waals surface area contributed by atoms with Gasteiger partial charge in [-0.05, 0) is 38.2 Å². The minimum Gasteiger partial charge on any atom is -0.481 e. The summed E-state index contributed by atoms with van der Waals surface area (Å²) in [7, 11) is 0. The highest BCUT2D eigenvalue weighted by atomic mass is 16.5. The van der Waals surface area contributed by atoms with Crippen LogP contribution in [0.4, 0.5) is 0 Å². The van der Waals surface area contributed by atoms with Crippen LogP contribution in [-0.2, 0) is 16.1 Å². The molecule has 0 radical (unpaired) electrons. The zero-order valence-corrected chi connectivity index (χ0v) is 18.4. The fourth-order valence-electron chi connectivity index (χ4n) is 3.57. The van der Waals surface area contributed by atoms with Crippen LogP contribution in [0.1, 0.15) is 102 Å². The fourth-order valence-corrected chi connectivity index (χ4v) is 3.57. The Bertz CT molecular complexity index is 503. The van der Waals surface area contributed by atoms with E-state index in [1.165, 1.54) is 37.7 Å². The molecule has 0 spiro atoms. The van der Waals surface area contributed by atoms with Crippen molar-refractivity contribution in [2.75, 3.05) is 0 Å². The molecule has 166 valence electrons. The molecule has 1 rings (SSSR count). The SMILES string of the molecule is CC(CCCCCCCCC(O)CCCCCCC(=O)O)OCc1ccccc1. The van der Waals surface area contributed by atoms with Crippen molar-refractivity contribution < 1.29 is 19.7 Å². The highest BCUT2D eigenvalue weighted by molar-refractivity contribution is 5.66. The first-order valence-corrected chi connectivity index (χ1v) is 11.6. The molecule has 29 heavy (non-hydrogen) atoms. The average molecular weight is 407 g/mol. The number of benzene rings is 1. The van der Waals surface area contributed by atoms with E-state index in [0.29, 0.717) is 12.7 Å². The summed E-state index contributed by atoms with van der Waals surface area (Å²) in [5.74, 6) is -0.712. The van der Waals surface area contributed by atoms with Gasteiger partial charge in [-0.15, -0.1) is 0 Å². The van der Waals surface area contributed by atoms with Gasteiger partial charge >= 0.3 is 5.97 Å². The number of hydrogen-bond donors (Lipinski definition) is 2. The molecule has 0 saturated carbocycles. The zero-order chi connectivity index (χ0) is 21.2. The molecule has 0 aliphatic heterocycles. The van der Waals surface area contributed by atoms with Crippen molar-refractivity contribution in [1.82, 2.24) is 0 Å². The van der Waals surface area contributed by atoms with Gasteiger partial charge < -0.3 is 14.9 Å². The summed E-state index contributed by atoms with van der Waals surface area (Å²) >= 11 is 0. The fraction of sp³-hybridized carbons (Fsp3) is 0.720. The van der Waals surface area contributed by atoms with Gasteiger partial charge in [0.25, 0.3) is 0 Å². The maximum atomic E-state index is 10.4. The molecule has 2 atom stereocenters. The topological polar surface area (TPSA) is 66.8 Å². The monoisotopic (exact) mass is 406 g/mol. The summed E-state index contributed by atoms with van der Waals surface area (Å²) in [5, 5.41) is 18.6. The Kier molecular flexibility index (Phi) is 15.4. The molecule has 0 aliphatic rings. The molecule has 0 heterocycles. The maximum Gasteiger partial charge on any atom is 0.303 e. The molecule has 4 heteroatoms. The number of ether oxygens (including phenoxy) is 1. The van der Waals surface area contributed by atoms with Crippen LogP contribution in [0.5, 0.6) is 0 Å². The van der Waals surface area contributed by atoms with E-state index in [9.17, 15) is 9.90 Å². The molecule has 0 saturated heterocycles. The number of aliphatic hydroxyl groups is 1. The number of hydrogen-bond acceptors (Lipinski definition) is 3. The molecular weight excluding hydrogens is 364 g/mol. The molecule has 1 aromatic carbocycles. The number of carboxylic acids is 1. The average Bonchev–Trinajstić information content (AvgIpc) is 2.71. The van der Waals surface area contributed by atoms with Gasteiger partial charge in [0.15, 0.2) is 0 Å². The third kappa shape index (κ3) is 16.1. The van der Waals surface area contributed by atoms with E-state index in [1.807, 2.05) is 18.2 Å². The molecule has 1 aromatic rings. The molecule has 0 amide bonds. The van der Waals surface area contributed by atoms with Crippen molar-refractivity contribution in [3.8, 4) is 0 Å². The van der Waals surface area contributed by atoms with E-state index in [-0.39, 0.29) is 12.5 Å². The number of carboxylic acid groups (broad SMARTS) is 1. The third-order valence-electron chi connectivity index (χ3n) is 5.45. The highest BCUT2D eigenvalue weighted by Crippen LogP contribution is 2.15. The number of carbonyl (C=O) groups is 1. The molecular formula is C25H42O4. The summed E-state index contributed by atoms with van der Waals surface area (Å²) in [6.45, 7) is 2.86. The summed E-state index contributed by atoms with van der Waals surface area (Å²) in [6, 6.07) is 10.3. The Labute approximate surface area is 177 Å². The van der Waals surface area contributed by atoms with E-state index < -0.39 is 5.97 Å². The predicted molar refractivity (Wildman–Crippen MR) is 119 cm³/mol. The van der Waals surface area contributed by atoms with Crippen molar-refractivity contribution in [2.45, 2.75) is 116 Å². The lowest BCUT2D eigenvalue weighted by Gasteiger charge is -2.13. The number of unbranched alkanes of at least 4 members (excludes halogenated alkanes) is 8. The Morgan fingerprint density at radius 2 is 1.34 bits per heavy atom. The van der Waals surface area contributed by atoms with Gasteiger partial charge in [-0.2, -0.15) is 0 Å². The van der Waals surface area contributed by atoms with Crippen LogP contribution in [0.25, 0.3) is 0 Å². The molecule has 2 unspecified atom stereocenters. The van der Waals surface area contributed by atoms with Gasteiger partial charge in [0.05, 0.1) is 18.8 Å². The smallest absolute Gasteiger partial charge is 0.303 e. The molecule has 0 aromatic heterocycles. The molecule has 2 N–H and O–H groups in total. The Morgan fingerprint density at radius 3 is 1.93 bits per heavy atom. The second-order valence-corrected chi connectivity index (χ2v) is 8.31. The Morgan fingerprint density at radius 1 is 0.828 bits per heavy atom. The zero-order valence-electron chi connectivity index (χ0n) is 18.4. The van der Waals surface area contributed by atoms with Gasteiger partial charge in [0.2, 0.25) is 0 Å². The van der Waals surface area contributed by atoms with E-state index in [4.69, 9.17) is 9.84 Å². The van der Waals surface area contributed by atoms with Gasteiger partial charge in [-0.25, -0.2) is 0 Å². The number of aliphatic carboxylic acids is 1. The largest absolute Gasteiger partial charge is 0.481 e. The van der Waals surface area contributed by atoms with Gasteiger partial charge in [-0.1, -0.05) is 88.1 Å². The lowest BCUT2D eigenvalue weighted by molar-refractivity contribution is -0.137. The predicted octanol–water partition coefficient (Wildman–Crippen LogP) is 6.50. The van der Waals surface area contributed by atoms with Crippen LogP contribution in [-0.4, -0.2) is 28.4 Å². The molecule has 0 aliphatic carbocycles. The first kappa shape index (κ1) is 25.6. The third-order valence-corrected chi connectivity index (χ3v) is 5.45. The molecule has 0 fully saturated rings. The van der Waals surface area contributed by atoms with E-state index >= 15 is 0 Å². The van der Waals surface area contributed by atoms with Crippen LogP contribution in [0.15, 0.2) is 30.3 Å². The summed E-state index contributed by atoms with van der Waals surface area (Å²) < 4.78 is 5.91. The van der Waals surface area contributed by atoms with Crippen LogP contribution >= 0.6 is 0 Å². The summed E-state index contributed by atoms with van der Waals surface area (Å²) in [6.07, 6.45) is 14.3. The van der Waals surface area contributed by atoms with E-state index in [0.717, 1.165) is 51.4 Å². The summed E-state index contributed by atoms with van der Waals surface area (Å²) in [5.41, 5.74) is 1.24. The van der Waals surface area contributed by atoms with Crippen molar-refractivity contribution in [2.24, 2.45) is 0 Å². The quantitative estimate of drug-likeness (QED) is 0.257. The summed E-state index contributed by atoms with van der Waals surface area (Å²) in [4.78, 5) is 10.4. The van der Waals surface area contributed by atoms with Gasteiger partial charge in [-0.3, -0.25) is 4.79 Å². The van der Waals surface area contributed by atoms with Crippen molar-refractivity contribution in [1.29, 1.82) is 0 Å². The normalized spacial score (nSPS) is 13.3. The van der Waals surface area contributed by atoms with E-state index in [2.05, 4.69) is 19.1 Å². The van der Waals surface area contributed by atoms with E-state index in [1.54, 1.807) is 0 Å². The molecule has 4 nitrogen and oxygen atoms in total. The van der Waals surface area contributed by atoms with Crippen LogP contribution < -0.4 is 0 Å². The number of rotatable bonds is 19. The first-order valence-electron chi connectivity index (χ1n) is 11.6. The maximum absolute atomic E-state index is 10.4. The lowest BCUT2D eigenvalue weighted by atomic mass is 10.0. The molecule has 0 bridgehead atoms. The van der Waals surface area contributed by atoms with Gasteiger partial charge in [0.1, 0.15) is 0 Å². The second kappa shape index (κ2) is 17.5. The lowest BCUT2D eigenvalue weighted by Crippen LogP contribution is -2.08. The Hall–Kier alpha value is -1.39. The second-order valence-electron chi connectivity index (χ2n) is 8.31. The van der Waals surface area contributed by atoms with Crippen molar-refractivity contribution >= 4 is 5.97 Å². The minimum absolute atomic E-state index is 0.183. The Balaban J connectivity index is 1.83. The highest BCUT2D eigenvalue weighted by Gasteiger charge is 2.05.